The summed E-state index contributed by atoms with van der Waals surface area (Å²) in [5, 5.41) is 12.0. The van der Waals surface area contributed by atoms with E-state index in [0.717, 1.165) is 42.1 Å². The number of rotatable bonds is 7. The van der Waals surface area contributed by atoms with Crippen molar-refractivity contribution in [3.63, 3.8) is 0 Å². The Morgan fingerprint density at radius 1 is 1.06 bits per heavy atom. The highest BCUT2D eigenvalue weighted by molar-refractivity contribution is 7.89. The topological polar surface area (TPSA) is 104 Å². The van der Waals surface area contributed by atoms with Crippen LogP contribution >= 0.6 is 12.4 Å². The van der Waals surface area contributed by atoms with Gasteiger partial charge in [-0.3, -0.25) is 14.8 Å². The van der Waals surface area contributed by atoms with E-state index >= 15 is 0 Å². The number of aliphatic hydroxyl groups is 1. The smallest absolute Gasteiger partial charge is 0.241 e. The van der Waals surface area contributed by atoms with E-state index in [1.807, 2.05) is 29.2 Å². The van der Waals surface area contributed by atoms with E-state index in [-0.39, 0.29) is 30.6 Å². The molecule has 1 unspecified atom stereocenters. The summed E-state index contributed by atoms with van der Waals surface area (Å²) in [4.78, 5) is 8.42. The zero-order valence-corrected chi connectivity index (χ0v) is 20.1. The van der Waals surface area contributed by atoms with Crippen molar-refractivity contribution in [2.24, 2.45) is 0 Å². The molecule has 1 aromatic heterocycles. The molecule has 0 amide bonds. The average molecular weight is 507 g/mol. The number of hydrogen-bond donors (Lipinski definition) is 2. The van der Waals surface area contributed by atoms with Crippen LogP contribution in [-0.4, -0.2) is 74.1 Å². The van der Waals surface area contributed by atoms with Crippen LogP contribution in [0.15, 0.2) is 59.8 Å². The minimum atomic E-state index is -3.77. The predicted octanol–water partition coefficient (Wildman–Crippen LogP) is 1.80. The fraction of sp³-hybridized carbons (Fsp3) is 0.348. The molecule has 0 saturated carbocycles. The van der Waals surface area contributed by atoms with Crippen molar-refractivity contribution < 1.29 is 23.0 Å². The first-order valence-electron chi connectivity index (χ1n) is 10.8. The molecule has 9 nitrogen and oxygen atoms in total. The fourth-order valence-electron chi connectivity index (χ4n) is 4.24. The second kappa shape index (κ2) is 10.4. The first-order chi connectivity index (χ1) is 16.0. The number of hydrogen-bond acceptors (Lipinski definition) is 8. The van der Waals surface area contributed by atoms with E-state index in [2.05, 4.69) is 14.6 Å². The lowest BCUT2D eigenvalue weighted by Gasteiger charge is -2.37. The number of aliphatic hydroxyl groups excluding tert-OH is 1. The molecule has 1 saturated heterocycles. The molecule has 1 fully saturated rings. The van der Waals surface area contributed by atoms with Gasteiger partial charge in [-0.25, -0.2) is 13.1 Å². The van der Waals surface area contributed by atoms with Gasteiger partial charge in [0.05, 0.1) is 11.4 Å². The molecular formula is C23H27ClN4O5S. The second-order valence-corrected chi connectivity index (χ2v) is 9.92. The molecule has 2 aromatic carbocycles. The van der Waals surface area contributed by atoms with Crippen LogP contribution in [0.3, 0.4) is 0 Å². The lowest BCUT2D eigenvalue weighted by Crippen LogP contribution is -2.53. The molecule has 11 heteroatoms. The van der Waals surface area contributed by atoms with Gasteiger partial charge in [0.15, 0.2) is 11.5 Å². The summed E-state index contributed by atoms with van der Waals surface area (Å²) in [7, 11) is -3.77. The highest BCUT2D eigenvalue weighted by Crippen LogP contribution is 2.33. The molecule has 2 aliphatic heterocycles. The molecule has 0 radical (unpaired) electrons. The fourth-order valence-corrected chi connectivity index (χ4v) is 5.49. The van der Waals surface area contributed by atoms with E-state index in [9.17, 15) is 13.5 Å². The molecule has 3 aromatic rings. The largest absolute Gasteiger partial charge is 0.454 e. The van der Waals surface area contributed by atoms with Crippen LogP contribution in [0.25, 0.3) is 10.8 Å². The monoisotopic (exact) mass is 506 g/mol. The SMILES string of the molecule is Cl.O=S(=O)(NCC(O)N1CCN(Cc2ccc3c(c2)OCO3)CC1)c1cccc2cnccc12. The van der Waals surface area contributed by atoms with Crippen LogP contribution in [0.4, 0.5) is 0 Å². The first kappa shape index (κ1) is 24.6. The molecule has 34 heavy (non-hydrogen) atoms. The van der Waals surface area contributed by atoms with Crippen molar-refractivity contribution in [2.45, 2.75) is 17.7 Å². The van der Waals surface area contributed by atoms with Crippen molar-refractivity contribution in [2.75, 3.05) is 39.5 Å². The van der Waals surface area contributed by atoms with Crippen molar-refractivity contribution >= 4 is 33.2 Å². The highest BCUT2D eigenvalue weighted by Gasteiger charge is 2.25. The Balaban J connectivity index is 0.00000274. The number of benzene rings is 2. The van der Waals surface area contributed by atoms with Crippen LogP contribution in [0.1, 0.15) is 5.56 Å². The molecule has 0 aliphatic carbocycles. The van der Waals surface area contributed by atoms with E-state index in [0.29, 0.717) is 18.5 Å². The summed E-state index contributed by atoms with van der Waals surface area (Å²) in [6, 6.07) is 12.7. The Bertz CT molecular complexity index is 1250. The maximum absolute atomic E-state index is 12.9. The third-order valence-corrected chi connectivity index (χ3v) is 7.54. The summed E-state index contributed by atoms with van der Waals surface area (Å²) >= 11 is 0. The second-order valence-electron chi connectivity index (χ2n) is 8.19. The number of pyridine rings is 1. The van der Waals surface area contributed by atoms with E-state index in [1.165, 1.54) is 0 Å². The normalized spacial score (nSPS) is 17.4. The third kappa shape index (κ3) is 5.27. The zero-order valence-electron chi connectivity index (χ0n) is 18.5. The van der Waals surface area contributed by atoms with Crippen LogP contribution < -0.4 is 14.2 Å². The van der Waals surface area contributed by atoms with Crippen LogP contribution in [0.5, 0.6) is 11.5 Å². The van der Waals surface area contributed by atoms with Gasteiger partial charge in [0.1, 0.15) is 6.23 Å². The Morgan fingerprint density at radius 3 is 2.68 bits per heavy atom. The molecule has 0 bridgehead atoms. The zero-order chi connectivity index (χ0) is 22.8. The number of halogens is 1. The maximum atomic E-state index is 12.9. The standard InChI is InChI=1S/C23H26N4O5S.ClH/c28-23(14-25-33(29,30)22-3-1-2-18-13-24-7-6-19(18)22)27-10-8-26(9-11-27)15-17-4-5-20-21(12-17)32-16-31-20;/h1-7,12-13,23,25,28H,8-11,14-16H2;1H. The summed E-state index contributed by atoms with van der Waals surface area (Å²) in [5.41, 5.74) is 1.14. The van der Waals surface area contributed by atoms with Gasteiger partial charge >= 0.3 is 0 Å². The molecule has 3 heterocycles. The predicted molar refractivity (Wildman–Crippen MR) is 130 cm³/mol. The summed E-state index contributed by atoms with van der Waals surface area (Å²) < 4.78 is 39.1. The maximum Gasteiger partial charge on any atom is 0.241 e. The first-order valence-corrected chi connectivity index (χ1v) is 12.3. The molecule has 1 atom stereocenters. The van der Waals surface area contributed by atoms with Crippen LogP contribution in [0.2, 0.25) is 0 Å². The average Bonchev–Trinajstić information content (AvgIpc) is 3.31. The number of aromatic nitrogens is 1. The quantitative estimate of drug-likeness (QED) is 0.500. The van der Waals surface area contributed by atoms with Gasteiger partial charge in [0.2, 0.25) is 16.8 Å². The van der Waals surface area contributed by atoms with Gasteiger partial charge in [-0.1, -0.05) is 18.2 Å². The molecule has 0 spiro atoms. The van der Waals surface area contributed by atoms with Gasteiger partial charge in [-0.15, -0.1) is 12.4 Å². The Kier molecular flexibility index (Phi) is 7.56. The molecule has 182 valence electrons. The summed E-state index contributed by atoms with van der Waals surface area (Å²) in [6.07, 6.45) is 2.30. The number of fused-ring (bicyclic) bond motifs is 2. The van der Waals surface area contributed by atoms with Gasteiger partial charge in [-0.2, -0.15) is 0 Å². The lowest BCUT2D eigenvalue weighted by molar-refractivity contribution is -0.0222. The summed E-state index contributed by atoms with van der Waals surface area (Å²) in [5.74, 6) is 1.55. The molecular weight excluding hydrogens is 480 g/mol. The van der Waals surface area contributed by atoms with Gasteiger partial charge in [0.25, 0.3) is 0 Å². The van der Waals surface area contributed by atoms with Crippen LogP contribution in [0, 0.1) is 0 Å². The molecule has 5 rings (SSSR count). The Hall–Kier alpha value is -2.47. The van der Waals surface area contributed by atoms with E-state index in [4.69, 9.17) is 9.47 Å². The highest BCUT2D eigenvalue weighted by atomic mass is 35.5. The number of sulfonamides is 1. The molecule has 2 aliphatic rings. The van der Waals surface area contributed by atoms with E-state index in [1.54, 1.807) is 30.6 Å². The molecule has 2 N–H and O–H groups in total. The van der Waals surface area contributed by atoms with Gasteiger partial charge < -0.3 is 14.6 Å². The minimum absolute atomic E-state index is 0. The Labute approximate surface area is 204 Å². The third-order valence-electron chi connectivity index (χ3n) is 6.06. The van der Waals surface area contributed by atoms with Gasteiger partial charge in [-0.05, 0) is 29.8 Å². The van der Waals surface area contributed by atoms with Crippen LogP contribution in [-0.2, 0) is 16.6 Å². The number of ether oxygens (including phenoxy) is 2. The minimum Gasteiger partial charge on any atom is -0.454 e. The van der Waals surface area contributed by atoms with Gasteiger partial charge in [0, 0.05) is 55.9 Å². The Morgan fingerprint density at radius 2 is 1.85 bits per heavy atom. The van der Waals surface area contributed by atoms with Crippen molar-refractivity contribution in [3.8, 4) is 11.5 Å². The lowest BCUT2D eigenvalue weighted by atomic mass is 10.1. The van der Waals surface area contributed by atoms with Crippen molar-refractivity contribution in [1.29, 1.82) is 0 Å². The van der Waals surface area contributed by atoms with Crippen molar-refractivity contribution in [1.82, 2.24) is 19.5 Å². The number of nitrogens with zero attached hydrogens (tertiary/aromatic N) is 3. The number of piperazine rings is 1. The number of nitrogens with one attached hydrogen (secondary N) is 1. The summed E-state index contributed by atoms with van der Waals surface area (Å²) in [6.45, 7) is 3.80. The van der Waals surface area contributed by atoms with Crippen molar-refractivity contribution in [3.05, 3.63) is 60.4 Å². The van der Waals surface area contributed by atoms with E-state index < -0.39 is 16.3 Å².